The first kappa shape index (κ1) is 16.6. The minimum Gasteiger partial charge on any atom is -0.452 e. The summed E-state index contributed by atoms with van der Waals surface area (Å²) in [6, 6.07) is 9.14. The van der Waals surface area contributed by atoms with Crippen molar-refractivity contribution in [2.75, 3.05) is 6.61 Å². The van der Waals surface area contributed by atoms with Crippen molar-refractivity contribution in [3.8, 4) is 0 Å². The third-order valence-electron chi connectivity index (χ3n) is 2.68. The Morgan fingerprint density at radius 1 is 1.09 bits per heavy atom. The van der Waals surface area contributed by atoms with E-state index >= 15 is 0 Å². The highest BCUT2D eigenvalue weighted by atomic mass is 79.9. The van der Waals surface area contributed by atoms with Gasteiger partial charge in [-0.05, 0) is 39.7 Å². The molecule has 0 bridgehead atoms. The lowest BCUT2D eigenvalue weighted by atomic mass is 10.2. The zero-order chi connectivity index (χ0) is 15.9. The van der Waals surface area contributed by atoms with Crippen LogP contribution in [0.3, 0.4) is 0 Å². The van der Waals surface area contributed by atoms with Crippen LogP contribution < -0.4 is 5.32 Å². The van der Waals surface area contributed by atoms with E-state index in [1.807, 2.05) is 24.3 Å². The van der Waals surface area contributed by atoms with E-state index in [0.29, 0.717) is 11.0 Å². The van der Waals surface area contributed by atoms with Crippen molar-refractivity contribution in [1.82, 2.24) is 10.3 Å². The number of nitrogens with zero attached hydrogens (tertiary/aromatic N) is 1. The highest BCUT2D eigenvalue weighted by molar-refractivity contribution is 9.10. The number of rotatable bonds is 5. The third kappa shape index (κ3) is 5.23. The summed E-state index contributed by atoms with van der Waals surface area (Å²) in [6.07, 6.45) is 2.94. The lowest BCUT2D eigenvalue weighted by Crippen LogP contribution is -2.28. The second-order valence-corrected chi connectivity index (χ2v) is 6.20. The molecule has 22 heavy (non-hydrogen) atoms. The lowest BCUT2D eigenvalue weighted by Gasteiger charge is -2.07. The maximum atomic E-state index is 11.7. The average Bonchev–Trinajstić information content (AvgIpc) is 2.52. The van der Waals surface area contributed by atoms with E-state index < -0.39 is 5.97 Å². The fourth-order valence-corrected chi connectivity index (χ4v) is 2.22. The van der Waals surface area contributed by atoms with Gasteiger partial charge < -0.3 is 10.1 Å². The number of esters is 1. The third-order valence-corrected chi connectivity index (χ3v) is 3.64. The molecule has 0 saturated carbocycles. The van der Waals surface area contributed by atoms with Crippen LogP contribution in [0.25, 0.3) is 0 Å². The van der Waals surface area contributed by atoms with Gasteiger partial charge in [0.2, 0.25) is 0 Å². The molecule has 1 amide bonds. The first-order chi connectivity index (χ1) is 10.5. The van der Waals surface area contributed by atoms with E-state index in [1.54, 1.807) is 12.3 Å². The Morgan fingerprint density at radius 2 is 1.82 bits per heavy atom. The van der Waals surface area contributed by atoms with Gasteiger partial charge in [0, 0.05) is 27.9 Å². The second-order valence-electron chi connectivity index (χ2n) is 4.37. The Hall–Kier alpha value is -1.73. The molecular weight excluding hydrogens is 416 g/mol. The molecule has 1 aromatic carbocycles. The molecule has 1 N–H and O–H groups in total. The summed E-state index contributed by atoms with van der Waals surface area (Å²) in [5.74, 6) is -0.952. The monoisotopic (exact) mass is 426 g/mol. The van der Waals surface area contributed by atoms with Crippen molar-refractivity contribution in [2.45, 2.75) is 6.54 Å². The summed E-state index contributed by atoms with van der Waals surface area (Å²) < 4.78 is 6.57. The lowest BCUT2D eigenvalue weighted by molar-refractivity contribution is -0.124. The zero-order valence-corrected chi connectivity index (χ0v) is 14.6. The molecule has 114 valence electrons. The Morgan fingerprint density at radius 3 is 2.50 bits per heavy atom. The molecule has 0 atom stereocenters. The van der Waals surface area contributed by atoms with Crippen LogP contribution in [0, 0.1) is 0 Å². The molecule has 5 nitrogen and oxygen atoms in total. The van der Waals surface area contributed by atoms with Gasteiger partial charge in [0.05, 0.1) is 5.56 Å². The van der Waals surface area contributed by atoms with Gasteiger partial charge in [-0.15, -0.1) is 0 Å². The molecular formula is C15H12Br2N2O3. The number of aromatic nitrogens is 1. The van der Waals surface area contributed by atoms with Gasteiger partial charge in [0.1, 0.15) is 0 Å². The first-order valence-corrected chi connectivity index (χ1v) is 7.92. The summed E-state index contributed by atoms with van der Waals surface area (Å²) in [6.45, 7) is 0.0456. The quantitative estimate of drug-likeness (QED) is 0.744. The van der Waals surface area contributed by atoms with Gasteiger partial charge >= 0.3 is 5.97 Å². The van der Waals surface area contributed by atoms with E-state index in [2.05, 4.69) is 42.2 Å². The predicted octanol–water partition coefficient (Wildman–Crippen LogP) is 3.08. The van der Waals surface area contributed by atoms with Crippen LogP contribution >= 0.6 is 31.9 Å². The van der Waals surface area contributed by atoms with Crippen molar-refractivity contribution >= 4 is 43.7 Å². The molecule has 0 unspecified atom stereocenters. The molecule has 0 aliphatic carbocycles. The van der Waals surface area contributed by atoms with Crippen LogP contribution in [0.1, 0.15) is 15.9 Å². The van der Waals surface area contributed by atoms with Crippen LogP contribution in [0.15, 0.2) is 51.7 Å². The van der Waals surface area contributed by atoms with Crippen molar-refractivity contribution in [3.63, 3.8) is 0 Å². The van der Waals surface area contributed by atoms with Crippen LogP contribution in [0.2, 0.25) is 0 Å². The Labute approximate surface area is 144 Å². The van der Waals surface area contributed by atoms with Gasteiger partial charge in [-0.1, -0.05) is 28.1 Å². The first-order valence-electron chi connectivity index (χ1n) is 6.33. The molecule has 7 heteroatoms. The number of pyridine rings is 1. The number of hydrogen-bond acceptors (Lipinski definition) is 4. The normalized spacial score (nSPS) is 10.1. The largest absolute Gasteiger partial charge is 0.452 e. The summed E-state index contributed by atoms with van der Waals surface area (Å²) in [5.41, 5.74) is 1.24. The molecule has 2 rings (SSSR count). The summed E-state index contributed by atoms with van der Waals surface area (Å²) in [5, 5.41) is 2.68. The van der Waals surface area contributed by atoms with Gasteiger partial charge in [0.25, 0.3) is 5.91 Å². The molecule has 1 aromatic heterocycles. The number of nitrogens with one attached hydrogen (secondary N) is 1. The van der Waals surface area contributed by atoms with Gasteiger partial charge in [-0.2, -0.15) is 0 Å². The van der Waals surface area contributed by atoms with E-state index in [4.69, 9.17) is 4.74 Å². The number of carbonyl (C=O) groups excluding carboxylic acids is 2. The molecule has 0 spiro atoms. The topological polar surface area (TPSA) is 68.3 Å². The van der Waals surface area contributed by atoms with Crippen molar-refractivity contribution in [3.05, 3.63) is 62.8 Å². The number of amides is 1. The Kier molecular flexibility index (Phi) is 6.09. The number of hydrogen-bond donors (Lipinski definition) is 1. The fourth-order valence-electron chi connectivity index (χ4n) is 1.59. The molecule has 0 radical (unpaired) electrons. The van der Waals surface area contributed by atoms with Gasteiger partial charge in [0.15, 0.2) is 6.61 Å². The SMILES string of the molecule is O=C(COC(=O)c1cncc(Br)c1)NCc1ccc(Br)cc1. The molecule has 1 heterocycles. The molecule has 0 aliphatic heterocycles. The number of benzene rings is 1. The standard InChI is InChI=1S/C15H12Br2N2O3/c16-12-3-1-10(2-4-12)6-19-14(20)9-22-15(21)11-5-13(17)8-18-7-11/h1-5,7-8H,6,9H2,(H,19,20). The summed E-state index contributed by atoms with van der Waals surface area (Å²) >= 11 is 6.55. The molecule has 2 aromatic rings. The van der Waals surface area contributed by atoms with E-state index in [1.165, 1.54) is 6.20 Å². The highest BCUT2D eigenvalue weighted by Crippen LogP contribution is 2.11. The minimum atomic E-state index is -0.590. The minimum absolute atomic E-state index is 0.287. The van der Waals surface area contributed by atoms with Gasteiger partial charge in [-0.25, -0.2) is 4.79 Å². The fraction of sp³-hybridized carbons (Fsp3) is 0.133. The Bertz CT molecular complexity index is 675. The van der Waals surface area contributed by atoms with Crippen molar-refractivity contribution in [1.29, 1.82) is 0 Å². The maximum absolute atomic E-state index is 11.7. The molecule has 0 saturated heterocycles. The van der Waals surface area contributed by atoms with Crippen LogP contribution in [0.5, 0.6) is 0 Å². The van der Waals surface area contributed by atoms with Crippen molar-refractivity contribution in [2.24, 2.45) is 0 Å². The Balaban J connectivity index is 1.78. The van der Waals surface area contributed by atoms with Crippen LogP contribution in [-0.2, 0) is 16.1 Å². The van der Waals surface area contributed by atoms with E-state index in [9.17, 15) is 9.59 Å². The molecule has 0 aliphatic rings. The van der Waals surface area contributed by atoms with Crippen molar-refractivity contribution < 1.29 is 14.3 Å². The highest BCUT2D eigenvalue weighted by Gasteiger charge is 2.10. The zero-order valence-electron chi connectivity index (χ0n) is 11.4. The van der Waals surface area contributed by atoms with Crippen LogP contribution in [-0.4, -0.2) is 23.5 Å². The molecule has 0 fully saturated rings. The van der Waals surface area contributed by atoms with Crippen LogP contribution in [0.4, 0.5) is 0 Å². The second kappa shape index (κ2) is 8.05. The van der Waals surface area contributed by atoms with E-state index in [0.717, 1.165) is 10.0 Å². The predicted molar refractivity (Wildman–Crippen MR) is 88.2 cm³/mol. The smallest absolute Gasteiger partial charge is 0.340 e. The van der Waals surface area contributed by atoms with Gasteiger partial charge in [-0.3, -0.25) is 9.78 Å². The number of halogens is 2. The summed E-state index contributed by atoms with van der Waals surface area (Å²) in [7, 11) is 0. The number of ether oxygens (including phenoxy) is 1. The average molecular weight is 428 g/mol. The maximum Gasteiger partial charge on any atom is 0.340 e. The van der Waals surface area contributed by atoms with E-state index in [-0.39, 0.29) is 18.1 Å². The summed E-state index contributed by atoms with van der Waals surface area (Å²) in [4.78, 5) is 27.3. The number of carbonyl (C=O) groups is 2.